The molecule has 1 fully saturated rings. The highest BCUT2D eigenvalue weighted by molar-refractivity contribution is 7.89. The number of benzene rings is 1. The van der Waals surface area contributed by atoms with E-state index in [4.69, 9.17) is 0 Å². The van der Waals surface area contributed by atoms with E-state index < -0.39 is 10.0 Å². The summed E-state index contributed by atoms with van der Waals surface area (Å²) in [6, 6.07) is 11.2. The topological polar surface area (TPSA) is 98.4 Å². The molecule has 8 nitrogen and oxygen atoms in total. The Hall–Kier alpha value is -2.91. The number of nitrogens with one attached hydrogen (secondary N) is 2. The molecule has 0 saturated carbocycles. The lowest BCUT2D eigenvalue weighted by molar-refractivity contribution is -0.130. The summed E-state index contributed by atoms with van der Waals surface area (Å²) in [6.07, 6.45) is 5.39. The first-order chi connectivity index (χ1) is 15.9. The summed E-state index contributed by atoms with van der Waals surface area (Å²) in [5.74, 6) is 0.834. The second kappa shape index (κ2) is 9.93. The summed E-state index contributed by atoms with van der Waals surface area (Å²) in [5.41, 5.74) is 2.05. The van der Waals surface area contributed by atoms with Crippen LogP contribution in [0.25, 0.3) is 10.9 Å². The molecule has 1 amide bonds. The van der Waals surface area contributed by atoms with Gasteiger partial charge in [0.1, 0.15) is 10.7 Å². The second-order valence-electron chi connectivity index (χ2n) is 8.57. The van der Waals surface area contributed by atoms with Crippen molar-refractivity contribution in [3.05, 3.63) is 54.4 Å². The van der Waals surface area contributed by atoms with Gasteiger partial charge in [-0.05, 0) is 37.1 Å². The number of hydrogen-bond acceptors (Lipinski definition) is 5. The monoisotopic (exact) mass is 469 g/mol. The van der Waals surface area contributed by atoms with Crippen molar-refractivity contribution in [2.75, 3.05) is 31.1 Å². The van der Waals surface area contributed by atoms with Crippen LogP contribution in [0.5, 0.6) is 0 Å². The number of anilines is 1. The van der Waals surface area contributed by atoms with Gasteiger partial charge in [0, 0.05) is 55.5 Å². The third kappa shape index (κ3) is 5.36. The van der Waals surface area contributed by atoms with Crippen LogP contribution in [-0.2, 0) is 21.2 Å². The third-order valence-electron chi connectivity index (χ3n) is 6.08. The molecule has 2 aromatic heterocycles. The minimum Gasteiger partial charge on any atom is -0.361 e. The molecule has 1 saturated heterocycles. The van der Waals surface area contributed by atoms with Crippen LogP contribution in [0.3, 0.4) is 0 Å². The highest BCUT2D eigenvalue weighted by Crippen LogP contribution is 2.20. The van der Waals surface area contributed by atoms with Crippen LogP contribution in [0.15, 0.2) is 53.7 Å². The number of nitrogens with zero attached hydrogens (tertiary/aromatic N) is 3. The van der Waals surface area contributed by atoms with Crippen LogP contribution in [0, 0.1) is 0 Å². The molecule has 1 unspecified atom stereocenters. The van der Waals surface area contributed by atoms with E-state index in [0.29, 0.717) is 32.6 Å². The SMILES string of the molecule is CCCC(C)NS(=O)(=O)c1ccc(N2CCN(C(=O)Cc3c[nH]c4ccccc34)CC2)nc1. The maximum Gasteiger partial charge on any atom is 0.242 e. The van der Waals surface area contributed by atoms with E-state index in [2.05, 4.69) is 19.6 Å². The van der Waals surface area contributed by atoms with Gasteiger partial charge >= 0.3 is 0 Å². The third-order valence-corrected chi connectivity index (χ3v) is 7.66. The first-order valence-electron chi connectivity index (χ1n) is 11.4. The van der Waals surface area contributed by atoms with Crippen LogP contribution < -0.4 is 9.62 Å². The molecule has 3 heterocycles. The molecule has 33 heavy (non-hydrogen) atoms. The number of sulfonamides is 1. The van der Waals surface area contributed by atoms with Gasteiger partial charge in [-0.15, -0.1) is 0 Å². The fraction of sp³-hybridized carbons (Fsp3) is 0.417. The van der Waals surface area contributed by atoms with E-state index in [1.807, 2.05) is 49.2 Å². The maximum atomic E-state index is 12.8. The largest absolute Gasteiger partial charge is 0.361 e. The summed E-state index contributed by atoms with van der Waals surface area (Å²) in [4.78, 5) is 24.6. The molecule has 1 aliphatic rings. The van der Waals surface area contributed by atoms with E-state index in [9.17, 15) is 13.2 Å². The standard InChI is InChI=1S/C24H31N5O3S/c1-3-6-18(2)27-33(31,32)20-9-10-23(26-17-20)28-11-13-29(14-12-28)24(30)15-19-16-25-22-8-5-4-7-21(19)22/h4-5,7-10,16-18,25,27H,3,6,11-15H2,1-2H3. The van der Waals surface area contributed by atoms with Gasteiger partial charge in [0.2, 0.25) is 15.9 Å². The van der Waals surface area contributed by atoms with Gasteiger partial charge in [0.15, 0.2) is 0 Å². The maximum absolute atomic E-state index is 12.8. The molecule has 3 aromatic rings. The summed E-state index contributed by atoms with van der Waals surface area (Å²) in [5, 5.41) is 1.09. The number of hydrogen-bond donors (Lipinski definition) is 2. The summed E-state index contributed by atoms with van der Waals surface area (Å²) in [7, 11) is -3.58. The number of piperazine rings is 1. The highest BCUT2D eigenvalue weighted by atomic mass is 32.2. The van der Waals surface area contributed by atoms with Gasteiger partial charge in [-0.2, -0.15) is 0 Å². The molecular weight excluding hydrogens is 438 g/mol. The number of rotatable bonds is 8. The van der Waals surface area contributed by atoms with Crippen molar-refractivity contribution < 1.29 is 13.2 Å². The van der Waals surface area contributed by atoms with Gasteiger partial charge in [0.25, 0.3) is 0 Å². The summed E-state index contributed by atoms with van der Waals surface area (Å²) >= 11 is 0. The van der Waals surface area contributed by atoms with Crippen LogP contribution in [-0.4, -0.2) is 61.4 Å². The quantitative estimate of drug-likeness (QED) is 0.529. The van der Waals surface area contributed by atoms with Crippen LogP contribution in [0.1, 0.15) is 32.3 Å². The van der Waals surface area contributed by atoms with E-state index in [1.165, 1.54) is 6.20 Å². The zero-order valence-electron chi connectivity index (χ0n) is 19.1. The van der Waals surface area contributed by atoms with E-state index in [0.717, 1.165) is 35.1 Å². The fourth-order valence-corrected chi connectivity index (χ4v) is 5.50. The molecule has 1 aliphatic heterocycles. The van der Waals surface area contributed by atoms with Crippen molar-refractivity contribution in [3.8, 4) is 0 Å². The Bertz CT molecular complexity index is 1200. The molecule has 0 spiro atoms. The lowest BCUT2D eigenvalue weighted by Crippen LogP contribution is -2.49. The predicted octanol–water partition coefficient (Wildman–Crippen LogP) is 2.92. The molecule has 2 N–H and O–H groups in total. The molecule has 0 radical (unpaired) electrons. The smallest absolute Gasteiger partial charge is 0.242 e. The molecule has 4 rings (SSSR count). The molecule has 0 bridgehead atoms. The van der Waals surface area contributed by atoms with Crippen molar-refractivity contribution in [2.24, 2.45) is 0 Å². The zero-order chi connectivity index (χ0) is 23.4. The lowest BCUT2D eigenvalue weighted by atomic mass is 10.1. The fourth-order valence-electron chi connectivity index (χ4n) is 4.28. The number of carbonyl (C=O) groups excluding carboxylic acids is 1. The number of para-hydroxylation sites is 1. The first kappa shape index (κ1) is 23.3. The average molecular weight is 470 g/mol. The number of aromatic amines is 1. The van der Waals surface area contributed by atoms with E-state index in [-0.39, 0.29) is 16.8 Å². The van der Waals surface area contributed by atoms with Crippen molar-refractivity contribution in [1.82, 2.24) is 19.6 Å². The number of pyridine rings is 1. The molecule has 1 aromatic carbocycles. The van der Waals surface area contributed by atoms with Crippen molar-refractivity contribution in [3.63, 3.8) is 0 Å². The van der Waals surface area contributed by atoms with Crippen molar-refractivity contribution in [1.29, 1.82) is 0 Å². The first-order valence-corrected chi connectivity index (χ1v) is 12.9. The summed E-state index contributed by atoms with van der Waals surface area (Å²) < 4.78 is 27.7. The van der Waals surface area contributed by atoms with Gasteiger partial charge in [-0.1, -0.05) is 31.5 Å². The minimum absolute atomic E-state index is 0.112. The number of carbonyl (C=O) groups is 1. The Morgan fingerprint density at radius 1 is 1.15 bits per heavy atom. The normalized spacial score (nSPS) is 15.7. The molecular formula is C24H31N5O3S. The summed E-state index contributed by atoms with van der Waals surface area (Å²) in [6.45, 7) is 6.42. The number of aromatic nitrogens is 2. The second-order valence-corrected chi connectivity index (χ2v) is 10.3. The predicted molar refractivity (Wildman–Crippen MR) is 130 cm³/mol. The molecule has 0 aliphatic carbocycles. The van der Waals surface area contributed by atoms with Gasteiger partial charge in [-0.3, -0.25) is 4.79 Å². The van der Waals surface area contributed by atoms with Gasteiger partial charge in [-0.25, -0.2) is 18.1 Å². The number of fused-ring (bicyclic) bond motifs is 1. The van der Waals surface area contributed by atoms with Crippen LogP contribution in [0.2, 0.25) is 0 Å². The Balaban J connectivity index is 1.33. The Labute approximate surface area is 195 Å². The van der Waals surface area contributed by atoms with E-state index in [1.54, 1.807) is 12.1 Å². The number of H-pyrrole nitrogens is 1. The molecule has 176 valence electrons. The van der Waals surface area contributed by atoms with Gasteiger partial charge in [0.05, 0.1) is 6.42 Å². The number of amides is 1. The minimum atomic E-state index is -3.58. The highest BCUT2D eigenvalue weighted by Gasteiger charge is 2.23. The van der Waals surface area contributed by atoms with Crippen LogP contribution >= 0.6 is 0 Å². The Morgan fingerprint density at radius 2 is 1.91 bits per heavy atom. The molecule has 1 atom stereocenters. The Kier molecular flexibility index (Phi) is 6.99. The Morgan fingerprint density at radius 3 is 2.61 bits per heavy atom. The van der Waals surface area contributed by atoms with Crippen molar-refractivity contribution >= 4 is 32.7 Å². The van der Waals surface area contributed by atoms with Crippen LogP contribution in [0.4, 0.5) is 5.82 Å². The average Bonchev–Trinajstić information content (AvgIpc) is 3.22. The van der Waals surface area contributed by atoms with Gasteiger partial charge < -0.3 is 14.8 Å². The van der Waals surface area contributed by atoms with Crippen molar-refractivity contribution in [2.45, 2.75) is 44.0 Å². The molecule has 9 heteroatoms. The zero-order valence-corrected chi connectivity index (χ0v) is 19.9. The van der Waals surface area contributed by atoms with E-state index >= 15 is 0 Å². The lowest BCUT2D eigenvalue weighted by Gasteiger charge is -2.35.